The molecule has 0 aliphatic carbocycles. The summed E-state index contributed by atoms with van der Waals surface area (Å²) in [6.45, 7) is 8.89. The second kappa shape index (κ2) is 6.99. The van der Waals surface area contributed by atoms with Crippen LogP contribution < -0.4 is 14.4 Å². The van der Waals surface area contributed by atoms with Gasteiger partial charge in [-0.1, -0.05) is 0 Å². The Labute approximate surface area is 164 Å². The Morgan fingerprint density at radius 1 is 0.821 bits per heavy atom. The molecule has 2 aliphatic heterocycles. The monoisotopic (exact) mass is 376 g/mol. The highest BCUT2D eigenvalue weighted by Crippen LogP contribution is 2.38. The molecule has 3 aromatic rings. The number of hydrogen-bond donors (Lipinski definition) is 0. The van der Waals surface area contributed by atoms with Gasteiger partial charge in [-0.05, 0) is 61.4 Å². The molecule has 5 rings (SSSR count). The first kappa shape index (κ1) is 17.3. The summed E-state index contributed by atoms with van der Waals surface area (Å²) in [4.78, 5) is 7.34. The van der Waals surface area contributed by atoms with Gasteiger partial charge in [0.25, 0.3) is 0 Å². The molecule has 0 unspecified atom stereocenters. The van der Waals surface area contributed by atoms with Crippen LogP contribution in [0, 0.1) is 13.8 Å². The van der Waals surface area contributed by atoms with Crippen molar-refractivity contribution >= 4 is 16.6 Å². The van der Waals surface area contributed by atoms with E-state index in [0.717, 1.165) is 60.1 Å². The Balaban J connectivity index is 1.56. The largest absolute Gasteiger partial charge is 0.486 e. The summed E-state index contributed by atoms with van der Waals surface area (Å²) in [6, 6.07) is 12.8. The van der Waals surface area contributed by atoms with Gasteiger partial charge in [0.15, 0.2) is 11.5 Å². The lowest BCUT2D eigenvalue weighted by Gasteiger charge is -2.29. The van der Waals surface area contributed by atoms with Crippen molar-refractivity contribution < 1.29 is 14.2 Å². The van der Waals surface area contributed by atoms with Crippen molar-refractivity contribution in [1.29, 1.82) is 0 Å². The molecule has 3 heterocycles. The van der Waals surface area contributed by atoms with E-state index in [1.165, 1.54) is 16.6 Å². The molecule has 0 amide bonds. The Kier molecular flexibility index (Phi) is 4.32. The van der Waals surface area contributed by atoms with Gasteiger partial charge in [-0.3, -0.25) is 0 Å². The smallest absolute Gasteiger partial charge is 0.162 e. The first-order chi connectivity index (χ1) is 13.7. The van der Waals surface area contributed by atoms with Gasteiger partial charge in [-0.25, -0.2) is 4.98 Å². The molecular weight excluding hydrogens is 352 g/mol. The lowest BCUT2D eigenvalue weighted by molar-refractivity contribution is 0.122. The van der Waals surface area contributed by atoms with E-state index in [9.17, 15) is 0 Å². The molecule has 0 saturated carbocycles. The molecule has 1 aromatic heterocycles. The minimum atomic E-state index is 0.587. The minimum Gasteiger partial charge on any atom is -0.486 e. The molecule has 28 heavy (non-hydrogen) atoms. The molecule has 0 bridgehead atoms. The van der Waals surface area contributed by atoms with Crippen LogP contribution in [0.5, 0.6) is 11.5 Å². The molecule has 0 N–H and O–H groups in total. The lowest BCUT2D eigenvalue weighted by atomic mass is 10.0. The van der Waals surface area contributed by atoms with Gasteiger partial charge in [0.05, 0.1) is 24.4 Å². The van der Waals surface area contributed by atoms with Crippen LogP contribution in [-0.4, -0.2) is 44.5 Å². The predicted molar refractivity (Wildman–Crippen MR) is 111 cm³/mol. The number of aromatic nitrogens is 1. The summed E-state index contributed by atoms with van der Waals surface area (Å²) in [5.74, 6) is 1.62. The molecule has 1 fully saturated rings. The van der Waals surface area contributed by atoms with Crippen LogP contribution in [0.2, 0.25) is 0 Å². The van der Waals surface area contributed by atoms with Crippen LogP contribution in [0.1, 0.15) is 11.1 Å². The summed E-state index contributed by atoms with van der Waals surface area (Å²) >= 11 is 0. The van der Waals surface area contributed by atoms with Crippen molar-refractivity contribution in [3.63, 3.8) is 0 Å². The summed E-state index contributed by atoms with van der Waals surface area (Å²) in [5.41, 5.74) is 6.68. The zero-order valence-electron chi connectivity index (χ0n) is 16.3. The van der Waals surface area contributed by atoms with E-state index in [4.69, 9.17) is 19.2 Å². The maximum Gasteiger partial charge on any atom is 0.162 e. The summed E-state index contributed by atoms with van der Waals surface area (Å²) in [6.07, 6.45) is 0. The van der Waals surface area contributed by atoms with E-state index in [2.05, 4.69) is 49.1 Å². The molecule has 0 atom stereocenters. The Hall–Kier alpha value is -2.79. The number of aryl methyl sites for hydroxylation is 2. The van der Waals surface area contributed by atoms with Crippen LogP contribution in [0.4, 0.5) is 5.69 Å². The summed E-state index contributed by atoms with van der Waals surface area (Å²) in [7, 11) is 0. The fraction of sp³-hybridized carbons (Fsp3) is 0.348. The fourth-order valence-electron chi connectivity index (χ4n) is 4.00. The van der Waals surface area contributed by atoms with Crippen molar-refractivity contribution in [2.24, 2.45) is 0 Å². The molecule has 1 saturated heterocycles. The zero-order chi connectivity index (χ0) is 19.1. The molecule has 5 heteroatoms. The minimum absolute atomic E-state index is 0.587. The maximum atomic E-state index is 5.77. The Morgan fingerprint density at radius 2 is 1.57 bits per heavy atom. The topological polar surface area (TPSA) is 43.8 Å². The van der Waals surface area contributed by atoms with Crippen molar-refractivity contribution in [3.8, 4) is 22.8 Å². The van der Waals surface area contributed by atoms with Crippen molar-refractivity contribution in [2.75, 3.05) is 44.4 Å². The number of anilines is 1. The van der Waals surface area contributed by atoms with E-state index >= 15 is 0 Å². The van der Waals surface area contributed by atoms with Gasteiger partial charge in [0, 0.05) is 29.7 Å². The zero-order valence-corrected chi connectivity index (χ0v) is 16.3. The average molecular weight is 376 g/mol. The van der Waals surface area contributed by atoms with Crippen LogP contribution in [0.3, 0.4) is 0 Å². The molecule has 5 nitrogen and oxygen atoms in total. The SMILES string of the molecule is Cc1cc2c(cc1-c1cc(C)c3cc(N4CCOCC4)ccc3n1)OCCO2. The fourth-order valence-corrected chi connectivity index (χ4v) is 4.00. The van der Waals surface area contributed by atoms with Crippen LogP contribution in [0.15, 0.2) is 36.4 Å². The number of nitrogens with zero attached hydrogens (tertiary/aromatic N) is 2. The van der Waals surface area contributed by atoms with Gasteiger partial charge in [-0.2, -0.15) is 0 Å². The number of morpholine rings is 1. The van der Waals surface area contributed by atoms with E-state index < -0.39 is 0 Å². The maximum absolute atomic E-state index is 5.77. The van der Waals surface area contributed by atoms with E-state index in [-0.39, 0.29) is 0 Å². The number of rotatable bonds is 2. The number of pyridine rings is 1. The van der Waals surface area contributed by atoms with Gasteiger partial charge in [0.1, 0.15) is 13.2 Å². The normalized spacial score (nSPS) is 16.4. The quantitative estimate of drug-likeness (QED) is 0.673. The standard InChI is InChI=1S/C23H24N2O3/c1-15-11-21(19-14-23-22(12-16(19)2)27-9-10-28-23)24-20-4-3-17(13-18(15)20)25-5-7-26-8-6-25/h3-4,11-14H,5-10H2,1-2H3. The number of fused-ring (bicyclic) bond motifs is 2. The predicted octanol–water partition coefficient (Wildman–Crippen LogP) is 4.13. The highest BCUT2D eigenvalue weighted by Gasteiger charge is 2.17. The first-order valence-electron chi connectivity index (χ1n) is 9.84. The molecule has 2 aromatic carbocycles. The molecule has 2 aliphatic rings. The third kappa shape index (κ3) is 3.06. The van der Waals surface area contributed by atoms with E-state index in [1.54, 1.807) is 0 Å². The van der Waals surface area contributed by atoms with Crippen LogP contribution in [-0.2, 0) is 4.74 Å². The second-order valence-corrected chi connectivity index (χ2v) is 7.44. The van der Waals surface area contributed by atoms with Gasteiger partial charge >= 0.3 is 0 Å². The third-order valence-corrected chi connectivity index (χ3v) is 5.54. The molecular formula is C23H24N2O3. The van der Waals surface area contributed by atoms with Crippen molar-refractivity contribution in [3.05, 3.63) is 47.5 Å². The first-order valence-corrected chi connectivity index (χ1v) is 9.84. The van der Waals surface area contributed by atoms with E-state index in [0.29, 0.717) is 13.2 Å². The van der Waals surface area contributed by atoms with Gasteiger partial charge < -0.3 is 19.1 Å². The van der Waals surface area contributed by atoms with E-state index in [1.807, 2.05) is 6.07 Å². The lowest BCUT2D eigenvalue weighted by Crippen LogP contribution is -2.36. The highest BCUT2D eigenvalue weighted by atomic mass is 16.6. The Bertz CT molecular complexity index is 1040. The molecule has 0 spiro atoms. The summed E-state index contributed by atoms with van der Waals surface area (Å²) in [5, 5.41) is 1.20. The Morgan fingerprint density at radius 3 is 2.36 bits per heavy atom. The number of ether oxygens (including phenoxy) is 3. The van der Waals surface area contributed by atoms with Crippen molar-refractivity contribution in [1.82, 2.24) is 4.98 Å². The highest BCUT2D eigenvalue weighted by molar-refractivity contribution is 5.88. The number of benzene rings is 2. The van der Waals surface area contributed by atoms with Crippen LogP contribution in [0.25, 0.3) is 22.2 Å². The molecule has 144 valence electrons. The summed E-state index contributed by atoms with van der Waals surface area (Å²) < 4.78 is 16.9. The van der Waals surface area contributed by atoms with Gasteiger partial charge in [-0.15, -0.1) is 0 Å². The third-order valence-electron chi connectivity index (χ3n) is 5.54. The van der Waals surface area contributed by atoms with Crippen molar-refractivity contribution in [2.45, 2.75) is 13.8 Å². The number of hydrogen-bond acceptors (Lipinski definition) is 5. The second-order valence-electron chi connectivity index (χ2n) is 7.44. The molecule has 0 radical (unpaired) electrons. The average Bonchev–Trinajstić information content (AvgIpc) is 2.73. The van der Waals surface area contributed by atoms with Crippen LogP contribution >= 0.6 is 0 Å². The van der Waals surface area contributed by atoms with Gasteiger partial charge in [0.2, 0.25) is 0 Å².